The lowest BCUT2D eigenvalue weighted by Gasteiger charge is -2.41. The van der Waals surface area contributed by atoms with Crippen LogP contribution in [-0.2, 0) is 41.5 Å². The van der Waals surface area contributed by atoms with E-state index >= 15 is 0 Å². The number of carboxylic acid groups (broad SMARTS) is 1. The normalized spacial score (nSPS) is 25.8. The van der Waals surface area contributed by atoms with Crippen molar-refractivity contribution in [1.29, 1.82) is 0 Å². The summed E-state index contributed by atoms with van der Waals surface area (Å²) in [4.78, 5) is 34.6. The van der Waals surface area contributed by atoms with Gasteiger partial charge in [0.1, 0.15) is 61.3 Å². The number of carbonyl (C=O) groups excluding carboxylic acids is 1. The Morgan fingerprint density at radius 2 is 1.82 bits per heavy atom. The van der Waals surface area contributed by atoms with Gasteiger partial charge in [0.05, 0.1) is 19.1 Å². The minimum absolute atomic E-state index is 0.0439. The molecule has 1 saturated heterocycles. The summed E-state index contributed by atoms with van der Waals surface area (Å²) in [7, 11) is 0. The molecule has 0 saturated carbocycles. The van der Waals surface area contributed by atoms with E-state index < -0.39 is 68.1 Å². The predicted molar refractivity (Wildman–Crippen MR) is 190 cm³/mol. The predicted octanol–water partition coefficient (Wildman–Crippen LogP) is 2.00. The lowest BCUT2D eigenvalue weighted by molar-refractivity contribution is -0.372. The van der Waals surface area contributed by atoms with Crippen LogP contribution in [0.5, 0.6) is 34.5 Å². The highest BCUT2D eigenvalue weighted by Crippen LogP contribution is 2.58. The van der Waals surface area contributed by atoms with Gasteiger partial charge in [0, 0.05) is 35.2 Å². The summed E-state index contributed by atoms with van der Waals surface area (Å²) in [5.74, 6) is 0.0520. The lowest BCUT2D eigenvalue weighted by Crippen LogP contribution is -2.60. The molecule has 17 nitrogen and oxygen atoms in total. The van der Waals surface area contributed by atoms with Crippen molar-refractivity contribution < 1.29 is 78.1 Å². The Kier molecular flexibility index (Phi) is 11.7. The molecule has 3 aromatic carbocycles. The minimum atomic E-state index is -1.70. The molecule has 0 aliphatic carbocycles. The summed E-state index contributed by atoms with van der Waals surface area (Å²) >= 11 is 0. The van der Waals surface area contributed by atoms with Crippen molar-refractivity contribution in [3.8, 4) is 34.5 Å². The maximum absolute atomic E-state index is 11.9. The summed E-state index contributed by atoms with van der Waals surface area (Å²) in [5, 5.41) is 51.0. The summed E-state index contributed by atoms with van der Waals surface area (Å²) in [6.45, 7) is 3.58. The van der Waals surface area contributed by atoms with Crippen molar-refractivity contribution in [2.45, 2.75) is 82.1 Å². The van der Waals surface area contributed by atoms with Crippen LogP contribution in [0.1, 0.15) is 60.1 Å². The summed E-state index contributed by atoms with van der Waals surface area (Å²) < 4.78 is 41.5. The molecule has 17 heteroatoms. The quantitative estimate of drug-likeness (QED) is 0.0559. The molecule has 0 bridgehead atoms. The number of aliphatic hydroxyl groups is 3. The van der Waals surface area contributed by atoms with Gasteiger partial charge in [0.15, 0.2) is 29.6 Å². The van der Waals surface area contributed by atoms with E-state index in [0.717, 1.165) is 16.7 Å². The Hall–Kier alpha value is -4.88. The molecule has 56 heavy (non-hydrogen) atoms. The fourth-order valence-corrected chi connectivity index (χ4v) is 7.29. The third-order valence-electron chi connectivity index (χ3n) is 9.82. The number of phenols is 1. The number of hydrogen-bond acceptors (Lipinski definition) is 16. The zero-order chi connectivity index (χ0) is 39.7. The van der Waals surface area contributed by atoms with Crippen LogP contribution < -0.4 is 29.6 Å². The molecular weight excluding hydrogens is 738 g/mol. The van der Waals surface area contributed by atoms with Gasteiger partial charge in [-0.05, 0) is 48.2 Å². The number of hydrogen-bond donors (Lipinski definition) is 6. The standard InChI is InChI=1S/C39H45NO16/c1-18(2)8-24-35-22(12-28-37(24)53-32(15-41)51-28)25-16-49-27-11-20(9-19-4-3-5-21(42)10-19)26(13-23(27)36(25)54-35)55-56-38-34(47)33(46)29(52-39(38)48-7-6-40)17-50-31(45)14-30(43)44/h3-5,10-13,18,25,29,32-34,36,38-39,41-42,46-47H,6-9,14-17,40H2,1-2H3,(H,43,44)/t25-,29+,32+,33+,34-,36+,38-,39+/m0/s1. The maximum atomic E-state index is 11.9. The minimum Gasteiger partial charge on any atom is -0.508 e. The molecule has 0 unspecified atom stereocenters. The molecule has 0 amide bonds. The topological polar surface area (TPSA) is 244 Å². The van der Waals surface area contributed by atoms with Crippen LogP contribution >= 0.6 is 0 Å². The third-order valence-corrected chi connectivity index (χ3v) is 9.82. The molecule has 7 rings (SSSR count). The second kappa shape index (κ2) is 16.7. The van der Waals surface area contributed by atoms with Crippen molar-refractivity contribution >= 4 is 11.9 Å². The van der Waals surface area contributed by atoms with Crippen LogP contribution in [0, 0.1) is 5.92 Å². The average Bonchev–Trinajstić information content (AvgIpc) is 3.75. The van der Waals surface area contributed by atoms with Crippen LogP contribution in [0.15, 0.2) is 42.5 Å². The largest absolute Gasteiger partial charge is 0.508 e. The molecule has 4 aliphatic rings. The van der Waals surface area contributed by atoms with Gasteiger partial charge >= 0.3 is 11.9 Å². The van der Waals surface area contributed by atoms with E-state index in [1.165, 1.54) is 0 Å². The van der Waals surface area contributed by atoms with Gasteiger partial charge in [0.2, 0.25) is 0 Å². The van der Waals surface area contributed by atoms with Gasteiger partial charge in [-0.1, -0.05) is 26.0 Å². The van der Waals surface area contributed by atoms with Crippen LogP contribution in [0.25, 0.3) is 0 Å². The Balaban J connectivity index is 1.18. The molecule has 3 aromatic rings. The fraction of sp³-hybridized carbons (Fsp3) is 0.487. The van der Waals surface area contributed by atoms with Crippen LogP contribution in [0.4, 0.5) is 0 Å². The number of aromatic hydroxyl groups is 1. The van der Waals surface area contributed by atoms with Crippen LogP contribution in [0.2, 0.25) is 0 Å². The molecular formula is C39H45NO16. The highest BCUT2D eigenvalue weighted by molar-refractivity contribution is 5.90. The molecule has 8 atom stereocenters. The number of aliphatic carboxylic acids is 1. The third kappa shape index (κ3) is 8.15. The highest BCUT2D eigenvalue weighted by Gasteiger charge is 2.49. The van der Waals surface area contributed by atoms with Gasteiger partial charge in [-0.25, -0.2) is 0 Å². The first-order valence-corrected chi connectivity index (χ1v) is 18.4. The zero-order valence-electron chi connectivity index (χ0n) is 30.7. The van der Waals surface area contributed by atoms with Crippen molar-refractivity contribution in [1.82, 2.24) is 0 Å². The van der Waals surface area contributed by atoms with E-state index in [4.69, 9.17) is 53.8 Å². The molecule has 0 aromatic heterocycles. The van der Waals surface area contributed by atoms with E-state index in [1.54, 1.807) is 30.3 Å². The Bertz CT molecular complexity index is 1920. The van der Waals surface area contributed by atoms with E-state index in [2.05, 4.69) is 13.8 Å². The van der Waals surface area contributed by atoms with E-state index in [-0.39, 0.29) is 56.1 Å². The first-order valence-electron chi connectivity index (χ1n) is 18.4. The number of rotatable bonds is 15. The van der Waals surface area contributed by atoms with Gasteiger partial charge < -0.3 is 69.3 Å². The Morgan fingerprint density at radius 1 is 1.00 bits per heavy atom. The number of carbonyl (C=O) groups is 2. The second-order valence-corrected chi connectivity index (χ2v) is 14.4. The van der Waals surface area contributed by atoms with Gasteiger partial charge in [-0.15, -0.1) is 0 Å². The van der Waals surface area contributed by atoms with E-state index in [0.29, 0.717) is 40.5 Å². The molecule has 0 spiro atoms. The number of aliphatic hydroxyl groups excluding tert-OH is 3. The number of benzene rings is 3. The molecule has 4 aliphatic heterocycles. The SMILES string of the molecule is CC(C)Cc1c2c(cc3c1O[C@@H]1c4cc(OO[C@@H]5[C@H](OCCN)O[C@H](COC(=O)CC(=O)O)[C@@H](O)[C@@H]5O)c(Cc5cccc(O)c5)cc4OC[C@@H]31)O[C@@H](CO)O2. The summed E-state index contributed by atoms with van der Waals surface area (Å²) in [6, 6.07) is 12.1. The number of carboxylic acids is 1. The van der Waals surface area contributed by atoms with Crippen molar-refractivity contribution in [2.75, 3.05) is 33.0 Å². The first-order chi connectivity index (χ1) is 26.9. The zero-order valence-corrected chi connectivity index (χ0v) is 30.7. The number of nitrogens with two attached hydrogens (primary N) is 1. The monoisotopic (exact) mass is 783 g/mol. The Morgan fingerprint density at radius 3 is 2.55 bits per heavy atom. The lowest BCUT2D eigenvalue weighted by atomic mass is 9.86. The molecule has 7 N–H and O–H groups in total. The van der Waals surface area contributed by atoms with Crippen molar-refractivity contribution in [3.05, 3.63) is 70.3 Å². The molecule has 0 radical (unpaired) electrons. The van der Waals surface area contributed by atoms with E-state index in [1.807, 2.05) is 12.1 Å². The molecule has 302 valence electrons. The van der Waals surface area contributed by atoms with Crippen molar-refractivity contribution in [2.24, 2.45) is 11.7 Å². The molecule has 1 fully saturated rings. The highest BCUT2D eigenvalue weighted by atomic mass is 17.2. The van der Waals surface area contributed by atoms with Gasteiger partial charge in [-0.2, -0.15) is 4.89 Å². The fourth-order valence-electron chi connectivity index (χ4n) is 7.29. The maximum Gasteiger partial charge on any atom is 0.317 e. The summed E-state index contributed by atoms with van der Waals surface area (Å²) in [5.41, 5.74) is 9.33. The van der Waals surface area contributed by atoms with Crippen molar-refractivity contribution in [3.63, 3.8) is 0 Å². The van der Waals surface area contributed by atoms with Gasteiger partial charge in [0.25, 0.3) is 6.29 Å². The first kappa shape index (κ1) is 39.4. The number of fused-ring (bicyclic) bond motifs is 6. The van der Waals surface area contributed by atoms with Crippen LogP contribution in [0.3, 0.4) is 0 Å². The number of phenolic OH excluding ortho intramolecular Hbond substituents is 1. The van der Waals surface area contributed by atoms with E-state index in [9.17, 15) is 30.0 Å². The van der Waals surface area contributed by atoms with Crippen LogP contribution in [-0.4, -0.2) is 107 Å². The average molecular weight is 784 g/mol. The number of esters is 1. The summed E-state index contributed by atoms with van der Waals surface area (Å²) in [6.07, 6.45) is -8.85. The molecule has 4 heterocycles. The van der Waals surface area contributed by atoms with Gasteiger partial charge in [-0.3, -0.25) is 9.59 Å². The Labute approximate surface area is 321 Å². The second-order valence-electron chi connectivity index (χ2n) is 14.4. The smallest absolute Gasteiger partial charge is 0.317 e. The number of ether oxygens (including phenoxy) is 7.